The Labute approximate surface area is 108 Å². The van der Waals surface area contributed by atoms with Gasteiger partial charge in [-0.2, -0.15) is 0 Å². The van der Waals surface area contributed by atoms with Crippen LogP contribution in [0.1, 0.15) is 38.2 Å². The van der Waals surface area contributed by atoms with Gasteiger partial charge in [0.2, 0.25) is 0 Å². The molecule has 1 fully saturated rings. The Kier molecular flexibility index (Phi) is 4.76. The van der Waals surface area contributed by atoms with Crippen LogP contribution in [0.5, 0.6) is 0 Å². The molecule has 1 aliphatic rings. The van der Waals surface area contributed by atoms with E-state index >= 15 is 0 Å². The second kappa shape index (κ2) is 6.55. The highest BCUT2D eigenvalue weighted by molar-refractivity contribution is 5.75. The third kappa shape index (κ3) is 3.57. The molecule has 0 bridgehead atoms. The highest BCUT2D eigenvalue weighted by Crippen LogP contribution is 2.24. The minimum atomic E-state index is -0.356. The second-order valence-electron chi connectivity index (χ2n) is 4.71. The molecule has 0 N–H and O–H groups in total. The maximum absolute atomic E-state index is 11.8. The zero-order chi connectivity index (χ0) is 12.8. The van der Waals surface area contributed by atoms with Gasteiger partial charge in [-0.1, -0.05) is 43.7 Å². The van der Waals surface area contributed by atoms with Gasteiger partial charge in [-0.25, -0.2) is 4.79 Å². The van der Waals surface area contributed by atoms with Crippen molar-refractivity contribution in [3.05, 3.63) is 35.9 Å². The van der Waals surface area contributed by atoms with Gasteiger partial charge >= 0.3 is 5.97 Å². The topological polar surface area (TPSA) is 35.5 Å². The van der Waals surface area contributed by atoms with Crippen LogP contribution in [0.3, 0.4) is 0 Å². The summed E-state index contributed by atoms with van der Waals surface area (Å²) >= 11 is 0. The Hall–Kier alpha value is -1.35. The smallest absolute Gasteiger partial charge is 0.335 e. The second-order valence-corrected chi connectivity index (χ2v) is 4.71. The van der Waals surface area contributed by atoms with Gasteiger partial charge in [-0.3, -0.25) is 0 Å². The largest absolute Gasteiger partial charge is 0.459 e. The number of carbonyl (C=O) groups is 1. The molecule has 98 valence electrons. The first-order valence-corrected chi connectivity index (χ1v) is 6.65. The maximum atomic E-state index is 11.8. The predicted octanol–water partition coefficient (Wildman–Crippen LogP) is 3.08. The van der Waals surface area contributed by atoms with E-state index in [1.165, 1.54) is 0 Å². The molecule has 0 spiro atoms. The normalized spacial score (nSPS) is 22.9. The molecule has 18 heavy (non-hydrogen) atoms. The van der Waals surface area contributed by atoms with Crippen molar-refractivity contribution in [1.29, 1.82) is 0 Å². The molecular weight excluding hydrogens is 228 g/mol. The van der Waals surface area contributed by atoms with Crippen LogP contribution < -0.4 is 0 Å². The van der Waals surface area contributed by atoms with Crippen molar-refractivity contribution >= 4 is 5.97 Å². The van der Waals surface area contributed by atoms with E-state index in [1.807, 2.05) is 30.3 Å². The van der Waals surface area contributed by atoms with Gasteiger partial charge in [0.1, 0.15) is 6.61 Å². The summed E-state index contributed by atoms with van der Waals surface area (Å²) in [6, 6.07) is 9.71. The maximum Gasteiger partial charge on any atom is 0.335 e. The van der Waals surface area contributed by atoms with Crippen LogP contribution >= 0.6 is 0 Å². The molecule has 0 saturated carbocycles. The van der Waals surface area contributed by atoms with Crippen LogP contribution in [-0.4, -0.2) is 18.2 Å². The number of hydrogen-bond donors (Lipinski definition) is 0. The molecule has 0 radical (unpaired) electrons. The highest BCUT2D eigenvalue weighted by Gasteiger charge is 2.31. The Bertz CT molecular complexity index is 375. The fraction of sp³-hybridized carbons (Fsp3) is 0.533. The lowest BCUT2D eigenvalue weighted by atomic mass is 10.1. The van der Waals surface area contributed by atoms with Crippen LogP contribution in [-0.2, 0) is 20.9 Å². The number of benzene rings is 1. The summed E-state index contributed by atoms with van der Waals surface area (Å²) in [6.07, 6.45) is 3.77. The third-order valence-electron chi connectivity index (χ3n) is 3.21. The first-order valence-electron chi connectivity index (χ1n) is 6.65. The summed E-state index contributed by atoms with van der Waals surface area (Å²) in [5, 5.41) is 0. The standard InChI is InChI=1S/C15H20O3/c1-2-6-13-9-10-14(18-13)15(16)17-11-12-7-4-3-5-8-12/h3-5,7-8,13-14H,2,6,9-11H2,1H3. The summed E-state index contributed by atoms with van der Waals surface area (Å²) in [4.78, 5) is 11.8. The predicted molar refractivity (Wildman–Crippen MR) is 69.0 cm³/mol. The van der Waals surface area contributed by atoms with E-state index < -0.39 is 0 Å². The van der Waals surface area contributed by atoms with E-state index in [4.69, 9.17) is 9.47 Å². The molecule has 2 rings (SSSR count). The molecule has 0 aliphatic carbocycles. The quantitative estimate of drug-likeness (QED) is 0.751. The first-order chi connectivity index (χ1) is 8.79. The average Bonchev–Trinajstić information content (AvgIpc) is 2.86. The lowest BCUT2D eigenvalue weighted by molar-refractivity contribution is -0.157. The van der Waals surface area contributed by atoms with Gasteiger partial charge in [-0.05, 0) is 24.8 Å². The molecule has 1 aromatic carbocycles. The van der Waals surface area contributed by atoms with Crippen LogP contribution in [0.4, 0.5) is 0 Å². The molecule has 3 heteroatoms. The zero-order valence-electron chi connectivity index (χ0n) is 10.8. The van der Waals surface area contributed by atoms with Crippen LogP contribution in [0.2, 0.25) is 0 Å². The monoisotopic (exact) mass is 248 g/mol. The third-order valence-corrected chi connectivity index (χ3v) is 3.21. The molecule has 2 atom stereocenters. The number of rotatable bonds is 5. The molecule has 1 saturated heterocycles. The summed E-state index contributed by atoms with van der Waals surface area (Å²) in [7, 11) is 0. The van der Waals surface area contributed by atoms with E-state index in [9.17, 15) is 4.79 Å². The molecular formula is C15H20O3. The highest BCUT2D eigenvalue weighted by atomic mass is 16.6. The minimum absolute atomic E-state index is 0.225. The molecule has 0 aromatic heterocycles. The Balaban J connectivity index is 1.76. The summed E-state index contributed by atoms with van der Waals surface area (Å²) in [5.41, 5.74) is 1.01. The van der Waals surface area contributed by atoms with Gasteiger partial charge in [-0.15, -0.1) is 0 Å². The van der Waals surface area contributed by atoms with Crippen molar-refractivity contribution in [1.82, 2.24) is 0 Å². The van der Waals surface area contributed by atoms with Crippen molar-refractivity contribution in [2.75, 3.05) is 0 Å². The van der Waals surface area contributed by atoms with Crippen LogP contribution in [0.25, 0.3) is 0 Å². The van der Waals surface area contributed by atoms with Gasteiger partial charge in [0.25, 0.3) is 0 Å². The number of ether oxygens (including phenoxy) is 2. The van der Waals surface area contributed by atoms with Gasteiger partial charge in [0.05, 0.1) is 6.10 Å². The average molecular weight is 248 g/mol. The van der Waals surface area contributed by atoms with Crippen molar-refractivity contribution < 1.29 is 14.3 Å². The van der Waals surface area contributed by atoms with Crippen LogP contribution in [0, 0.1) is 0 Å². The fourth-order valence-corrected chi connectivity index (χ4v) is 2.24. The summed E-state index contributed by atoms with van der Waals surface area (Å²) in [6.45, 7) is 2.46. The van der Waals surface area contributed by atoms with E-state index in [-0.39, 0.29) is 18.2 Å². The number of hydrogen-bond acceptors (Lipinski definition) is 3. The van der Waals surface area contributed by atoms with Crippen molar-refractivity contribution in [2.24, 2.45) is 0 Å². The van der Waals surface area contributed by atoms with Gasteiger partial charge < -0.3 is 9.47 Å². The minimum Gasteiger partial charge on any atom is -0.459 e. The first kappa shape index (κ1) is 13.1. The fourth-order valence-electron chi connectivity index (χ4n) is 2.24. The van der Waals surface area contributed by atoms with E-state index in [0.717, 1.165) is 31.2 Å². The van der Waals surface area contributed by atoms with Crippen molar-refractivity contribution in [2.45, 2.75) is 51.4 Å². The summed E-state index contributed by atoms with van der Waals surface area (Å²) in [5.74, 6) is -0.225. The Morgan fingerprint density at radius 1 is 1.33 bits per heavy atom. The molecule has 1 aliphatic heterocycles. The zero-order valence-corrected chi connectivity index (χ0v) is 10.8. The van der Waals surface area contributed by atoms with Crippen molar-refractivity contribution in [3.63, 3.8) is 0 Å². The van der Waals surface area contributed by atoms with Crippen molar-refractivity contribution in [3.8, 4) is 0 Å². The lowest BCUT2D eigenvalue weighted by Gasteiger charge is -2.12. The molecule has 1 aromatic rings. The van der Waals surface area contributed by atoms with E-state index in [2.05, 4.69) is 6.92 Å². The molecule has 3 nitrogen and oxygen atoms in total. The number of carbonyl (C=O) groups excluding carboxylic acids is 1. The number of esters is 1. The lowest BCUT2D eigenvalue weighted by Crippen LogP contribution is -2.23. The van der Waals surface area contributed by atoms with Crippen LogP contribution in [0.15, 0.2) is 30.3 Å². The summed E-state index contributed by atoms with van der Waals surface area (Å²) < 4.78 is 11.0. The van der Waals surface area contributed by atoms with E-state index in [1.54, 1.807) is 0 Å². The molecule has 2 unspecified atom stereocenters. The molecule has 1 heterocycles. The SMILES string of the molecule is CCCC1CCC(C(=O)OCc2ccccc2)O1. The Morgan fingerprint density at radius 2 is 2.11 bits per heavy atom. The van der Waals surface area contributed by atoms with E-state index in [0.29, 0.717) is 6.61 Å². The Morgan fingerprint density at radius 3 is 2.83 bits per heavy atom. The molecule has 0 amide bonds. The van der Waals surface area contributed by atoms with Gasteiger partial charge in [0, 0.05) is 0 Å². The van der Waals surface area contributed by atoms with Gasteiger partial charge in [0.15, 0.2) is 6.10 Å².